The quantitative estimate of drug-likeness (QED) is 0.139. The van der Waals surface area contributed by atoms with Crippen LogP contribution in [0.15, 0.2) is 54.7 Å². The van der Waals surface area contributed by atoms with E-state index < -0.39 is 11.7 Å². The third-order valence-electron chi connectivity index (χ3n) is 7.86. The van der Waals surface area contributed by atoms with Crippen LogP contribution in [0.25, 0.3) is 32.2 Å². The molecule has 0 atom stereocenters. The highest BCUT2D eigenvalue weighted by Gasteiger charge is 2.31. The van der Waals surface area contributed by atoms with Gasteiger partial charge < -0.3 is 24.3 Å². The number of benzene rings is 3. The van der Waals surface area contributed by atoms with Crippen molar-refractivity contribution in [1.29, 1.82) is 0 Å². The summed E-state index contributed by atoms with van der Waals surface area (Å²) >= 11 is 1.23. The number of halogens is 3. The number of nitrogens with one attached hydrogen (secondary N) is 1. The van der Waals surface area contributed by atoms with Gasteiger partial charge in [-0.1, -0.05) is 11.3 Å². The highest BCUT2D eigenvalue weighted by molar-refractivity contribution is 7.22. The SMILES string of the molecule is COc1ccc2cc3[n+](cc2c1OCCCCCNc1nc2ccc(C(F)(F)F)cc2s1)CCc1cc2c(cc1-3)OCO2. The Labute approximate surface area is 249 Å². The van der Waals surface area contributed by atoms with Gasteiger partial charge in [-0.25, -0.2) is 4.98 Å². The number of thiazole rings is 1. The van der Waals surface area contributed by atoms with Crippen LogP contribution < -0.4 is 28.8 Å². The molecule has 0 bridgehead atoms. The number of unbranched alkanes of at least 4 members (excludes halogenated alkanes) is 2. The molecule has 7 nitrogen and oxygen atoms in total. The number of hydrogen-bond donors (Lipinski definition) is 1. The maximum Gasteiger partial charge on any atom is 0.416 e. The summed E-state index contributed by atoms with van der Waals surface area (Å²) in [7, 11) is 1.65. The third kappa shape index (κ3) is 5.37. The summed E-state index contributed by atoms with van der Waals surface area (Å²) in [5.74, 6) is 3.01. The molecule has 2 aromatic heterocycles. The van der Waals surface area contributed by atoms with E-state index in [0.29, 0.717) is 34.2 Å². The minimum absolute atomic E-state index is 0.255. The van der Waals surface area contributed by atoms with E-state index in [4.69, 9.17) is 18.9 Å². The normalized spacial score (nSPS) is 13.7. The lowest BCUT2D eigenvalue weighted by atomic mass is 9.95. The van der Waals surface area contributed by atoms with Crippen LogP contribution in [0, 0.1) is 0 Å². The fourth-order valence-electron chi connectivity index (χ4n) is 5.66. The van der Waals surface area contributed by atoms with Crippen LogP contribution in [-0.4, -0.2) is 32.0 Å². The van der Waals surface area contributed by atoms with Gasteiger partial charge in [-0.15, -0.1) is 0 Å². The second-order valence-electron chi connectivity index (χ2n) is 10.6. The molecule has 0 fully saturated rings. The van der Waals surface area contributed by atoms with Crippen molar-refractivity contribution in [2.45, 2.75) is 38.4 Å². The topological polar surface area (TPSA) is 65.7 Å². The molecule has 0 spiro atoms. The number of pyridine rings is 1. The molecule has 11 heteroatoms. The Hall–Kier alpha value is -4.25. The number of nitrogens with zero attached hydrogens (tertiary/aromatic N) is 2. The maximum atomic E-state index is 13.0. The summed E-state index contributed by atoms with van der Waals surface area (Å²) in [6.07, 6.45) is 1.32. The zero-order valence-corrected chi connectivity index (χ0v) is 24.2. The molecule has 5 aromatic rings. The van der Waals surface area contributed by atoms with E-state index in [1.54, 1.807) is 7.11 Å². The smallest absolute Gasteiger partial charge is 0.416 e. The van der Waals surface area contributed by atoms with Crippen molar-refractivity contribution in [3.63, 3.8) is 0 Å². The zero-order valence-electron chi connectivity index (χ0n) is 23.4. The number of aryl methyl sites for hydroxylation is 2. The summed E-state index contributed by atoms with van der Waals surface area (Å²) in [5, 5.41) is 5.93. The minimum atomic E-state index is -4.36. The monoisotopic (exact) mass is 608 g/mol. The second kappa shape index (κ2) is 11.1. The lowest BCUT2D eigenvalue weighted by Gasteiger charge is -2.18. The van der Waals surface area contributed by atoms with Crippen LogP contribution in [0.2, 0.25) is 0 Å². The molecule has 0 radical (unpaired) electrons. The van der Waals surface area contributed by atoms with Gasteiger partial charge >= 0.3 is 6.18 Å². The number of hydrogen-bond acceptors (Lipinski definition) is 7. The van der Waals surface area contributed by atoms with Crippen LogP contribution in [0.5, 0.6) is 23.0 Å². The molecule has 0 amide bonds. The highest BCUT2D eigenvalue weighted by Crippen LogP contribution is 2.42. The Morgan fingerprint density at radius 1 is 1.02 bits per heavy atom. The van der Waals surface area contributed by atoms with Crippen molar-refractivity contribution in [1.82, 2.24) is 4.98 Å². The summed E-state index contributed by atoms with van der Waals surface area (Å²) in [6.45, 7) is 2.31. The van der Waals surface area contributed by atoms with Crippen LogP contribution in [0.3, 0.4) is 0 Å². The number of methoxy groups -OCH3 is 1. The molecule has 4 heterocycles. The molecule has 0 aliphatic carbocycles. The number of alkyl halides is 3. The molecule has 2 aliphatic rings. The average Bonchev–Trinajstić information content (AvgIpc) is 3.63. The Bertz CT molecular complexity index is 1840. The lowest BCUT2D eigenvalue weighted by Crippen LogP contribution is -2.40. The predicted molar refractivity (Wildman–Crippen MR) is 158 cm³/mol. The molecule has 1 N–H and O–H groups in total. The van der Waals surface area contributed by atoms with Gasteiger partial charge in [-0.3, -0.25) is 0 Å². The van der Waals surface area contributed by atoms with Gasteiger partial charge in [-0.2, -0.15) is 17.7 Å². The Morgan fingerprint density at radius 3 is 2.72 bits per heavy atom. The minimum Gasteiger partial charge on any atom is -0.493 e. The standard InChI is InChI=1S/C32H29F3N3O4S/c1-39-26-8-5-19-13-25-22-16-28-27(41-18-42-28)14-20(22)9-11-38(25)17-23(19)30(26)40-12-4-2-3-10-36-31-37-24-7-6-21(32(33,34)35)15-29(24)43-31/h5-8,13-17H,2-4,9-12,18H2,1H3,(H,36,37)/q+1. The number of rotatable bonds is 9. The highest BCUT2D eigenvalue weighted by atomic mass is 32.1. The molecule has 222 valence electrons. The van der Waals surface area contributed by atoms with E-state index in [2.05, 4.69) is 45.3 Å². The first kappa shape index (κ1) is 27.6. The molecule has 43 heavy (non-hydrogen) atoms. The molecule has 0 saturated carbocycles. The first-order valence-electron chi connectivity index (χ1n) is 14.2. The van der Waals surface area contributed by atoms with Crippen LogP contribution in [0.1, 0.15) is 30.4 Å². The number of fused-ring (bicyclic) bond motifs is 6. The van der Waals surface area contributed by atoms with Crippen molar-refractivity contribution in [2.75, 3.05) is 32.4 Å². The van der Waals surface area contributed by atoms with E-state index in [-0.39, 0.29) is 6.79 Å². The average molecular weight is 609 g/mol. The molecule has 7 rings (SSSR count). The summed E-state index contributed by atoms with van der Waals surface area (Å²) in [6, 6.07) is 14.0. The van der Waals surface area contributed by atoms with Gasteiger partial charge in [0, 0.05) is 19.0 Å². The second-order valence-corrected chi connectivity index (χ2v) is 11.6. The molecular formula is C32H29F3N3O4S+. The van der Waals surface area contributed by atoms with E-state index >= 15 is 0 Å². The van der Waals surface area contributed by atoms with Crippen molar-refractivity contribution < 1.29 is 36.7 Å². The van der Waals surface area contributed by atoms with E-state index in [9.17, 15) is 13.2 Å². The Morgan fingerprint density at radius 2 is 1.88 bits per heavy atom. The summed E-state index contributed by atoms with van der Waals surface area (Å²) in [5.41, 5.74) is 3.44. The number of anilines is 1. The fourth-order valence-corrected chi connectivity index (χ4v) is 6.59. The Kier molecular flexibility index (Phi) is 7.12. The van der Waals surface area contributed by atoms with Crippen molar-refractivity contribution >= 4 is 37.5 Å². The van der Waals surface area contributed by atoms with E-state index in [1.807, 2.05) is 6.07 Å². The third-order valence-corrected chi connectivity index (χ3v) is 8.83. The van der Waals surface area contributed by atoms with Crippen LogP contribution in [0.4, 0.5) is 18.3 Å². The molecule has 0 saturated heterocycles. The van der Waals surface area contributed by atoms with Gasteiger partial charge in [0.05, 0.1) is 40.4 Å². The van der Waals surface area contributed by atoms with Crippen molar-refractivity contribution in [2.24, 2.45) is 0 Å². The molecule has 3 aromatic carbocycles. The first-order chi connectivity index (χ1) is 20.9. The van der Waals surface area contributed by atoms with Gasteiger partial charge in [0.15, 0.2) is 40.9 Å². The van der Waals surface area contributed by atoms with Crippen molar-refractivity contribution in [3.8, 4) is 34.3 Å². The van der Waals surface area contributed by atoms with E-state index in [1.165, 1.54) is 23.0 Å². The number of aromatic nitrogens is 2. The maximum absolute atomic E-state index is 13.0. The van der Waals surface area contributed by atoms with Gasteiger partial charge in [-0.05, 0) is 72.7 Å². The van der Waals surface area contributed by atoms with Gasteiger partial charge in [0.2, 0.25) is 12.5 Å². The van der Waals surface area contributed by atoms with Crippen LogP contribution >= 0.6 is 11.3 Å². The predicted octanol–water partition coefficient (Wildman–Crippen LogP) is 7.38. The summed E-state index contributed by atoms with van der Waals surface area (Å²) < 4.78 is 64.9. The lowest BCUT2D eigenvalue weighted by molar-refractivity contribution is -0.686. The molecular weight excluding hydrogens is 579 g/mol. The van der Waals surface area contributed by atoms with Gasteiger partial charge in [0.25, 0.3) is 0 Å². The Balaban J connectivity index is 0.984. The molecule has 2 aliphatic heterocycles. The fraction of sp³-hybridized carbons (Fsp3) is 0.312. The molecule has 0 unspecified atom stereocenters. The van der Waals surface area contributed by atoms with E-state index in [0.717, 1.165) is 83.6 Å². The van der Waals surface area contributed by atoms with Crippen molar-refractivity contribution in [3.05, 3.63) is 65.9 Å². The zero-order chi connectivity index (χ0) is 29.6. The largest absolute Gasteiger partial charge is 0.493 e. The number of ether oxygens (including phenoxy) is 4. The summed E-state index contributed by atoms with van der Waals surface area (Å²) in [4.78, 5) is 4.40. The van der Waals surface area contributed by atoms with Crippen LogP contribution in [-0.2, 0) is 19.1 Å². The first-order valence-corrected chi connectivity index (χ1v) is 15.0. The van der Waals surface area contributed by atoms with Gasteiger partial charge in [0.1, 0.15) is 0 Å².